The molecule has 0 bridgehead atoms. The molecule has 0 aliphatic rings. The maximum Gasteiger partial charge on any atom is 0.416 e. The Morgan fingerprint density at radius 3 is 2.19 bits per heavy atom. The molecule has 2 nitrogen and oxygen atoms in total. The largest absolute Gasteiger partial charge is 0.416 e. The summed E-state index contributed by atoms with van der Waals surface area (Å²) < 4.78 is 37.7. The molecule has 0 saturated carbocycles. The summed E-state index contributed by atoms with van der Waals surface area (Å²) in [4.78, 5) is 11.2. The number of anilines is 1. The predicted molar refractivity (Wildman–Crippen MR) is 75.9 cm³/mol. The maximum absolute atomic E-state index is 12.6. The zero-order valence-electron chi connectivity index (χ0n) is 11.6. The van der Waals surface area contributed by atoms with E-state index in [2.05, 4.69) is 5.32 Å². The molecular formula is C16H14F3NO. The van der Waals surface area contributed by atoms with Gasteiger partial charge in [-0.3, -0.25) is 4.79 Å². The van der Waals surface area contributed by atoms with E-state index in [0.717, 1.165) is 17.7 Å². The molecule has 0 aromatic heterocycles. The molecule has 0 radical (unpaired) electrons. The van der Waals surface area contributed by atoms with Crippen molar-refractivity contribution in [1.29, 1.82) is 0 Å². The highest BCUT2D eigenvalue weighted by Gasteiger charge is 2.30. The fraction of sp³-hybridized carbons (Fsp3) is 0.188. The molecule has 1 amide bonds. The molecule has 0 spiro atoms. The van der Waals surface area contributed by atoms with E-state index in [4.69, 9.17) is 0 Å². The highest BCUT2D eigenvalue weighted by molar-refractivity contribution is 5.94. The summed E-state index contributed by atoms with van der Waals surface area (Å²) in [6.07, 6.45) is -4.36. The normalized spacial score (nSPS) is 11.3. The van der Waals surface area contributed by atoms with Crippen molar-refractivity contribution in [2.24, 2.45) is 0 Å². The molecule has 5 heteroatoms. The van der Waals surface area contributed by atoms with Gasteiger partial charge in [0, 0.05) is 18.2 Å². The van der Waals surface area contributed by atoms with Crippen LogP contribution >= 0.6 is 0 Å². The first-order chi connectivity index (χ1) is 9.77. The lowest BCUT2D eigenvalue weighted by Gasteiger charge is -2.12. The van der Waals surface area contributed by atoms with E-state index >= 15 is 0 Å². The second-order valence-electron chi connectivity index (χ2n) is 4.81. The van der Waals surface area contributed by atoms with Crippen LogP contribution in [0.1, 0.15) is 18.1 Å². The van der Waals surface area contributed by atoms with Crippen LogP contribution < -0.4 is 5.32 Å². The Hall–Kier alpha value is -2.30. The van der Waals surface area contributed by atoms with Gasteiger partial charge in [0.15, 0.2) is 0 Å². The standard InChI is InChI=1S/C16H14F3NO/c1-10-3-8-15(20-11(2)21)14(9-10)12-4-6-13(7-5-12)16(17,18)19/h3-9H,1-2H3,(H,20,21). The molecule has 2 rings (SSSR count). The molecule has 0 heterocycles. The Morgan fingerprint density at radius 1 is 1.05 bits per heavy atom. The molecule has 0 unspecified atom stereocenters. The quantitative estimate of drug-likeness (QED) is 0.858. The number of benzene rings is 2. The zero-order valence-corrected chi connectivity index (χ0v) is 11.6. The lowest BCUT2D eigenvalue weighted by molar-refractivity contribution is -0.137. The number of alkyl halides is 3. The fourth-order valence-electron chi connectivity index (χ4n) is 2.03. The van der Waals surface area contributed by atoms with Crippen LogP contribution in [0.25, 0.3) is 11.1 Å². The summed E-state index contributed by atoms with van der Waals surface area (Å²) in [6, 6.07) is 10.3. The summed E-state index contributed by atoms with van der Waals surface area (Å²) in [5.41, 5.74) is 2.15. The SMILES string of the molecule is CC(=O)Nc1ccc(C)cc1-c1ccc(C(F)(F)F)cc1. The zero-order chi connectivity index (χ0) is 15.6. The summed E-state index contributed by atoms with van der Waals surface area (Å²) in [6.45, 7) is 3.27. The third kappa shape index (κ3) is 3.62. The summed E-state index contributed by atoms with van der Waals surface area (Å²) in [5, 5.41) is 2.68. The van der Waals surface area contributed by atoms with Gasteiger partial charge in [-0.1, -0.05) is 23.8 Å². The lowest BCUT2D eigenvalue weighted by atomic mass is 10.00. The molecule has 0 aliphatic carbocycles. The molecule has 21 heavy (non-hydrogen) atoms. The smallest absolute Gasteiger partial charge is 0.326 e. The molecule has 0 atom stereocenters. The van der Waals surface area contributed by atoms with Crippen LogP contribution in [0.5, 0.6) is 0 Å². The van der Waals surface area contributed by atoms with E-state index in [-0.39, 0.29) is 5.91 Å². The molecule has 1 N–H and O–H groups in total. The number of aryl methyl sites for hydroxylation is 1. The molecule has 110 valence electrons. The number of carbonyl (C=O) groups is 1. The number of hydrogen-bond acceptors (Lipinski definition) is 1. The van der Waals surface area contributed by atoms with Crippen LogP contribution in [-0.4, -0.2) is 5.91 Å². The van der Waals surface area contributed by atoms with Crippen molar-refractivity contribution in [2.75, 3.05) is 5.32 Å². The summed E-state index contributed by atoms with van der Waals surface area (Å²) in [5.74, 6) is -0.230. The fourth-order valence-corrected chi connectivity index (χ4v) is 2.03. The number of hydrogen-bond donors (Lipinski definition) is 1. The minimum Gasteiger partial charge on any atom is -0.326 e. The van der Waals surface area contributed by atoms with Gasteiger partial charge in [0.2, 0.25) is 5.91 Å². The first-order valence-electron chi connectivity index (χ1n) is 6.33. The summed E-state index contributed by atoms with van der Waals surface area (Å²) >= 11 is 0. The molecule has 2 aromatic rings. The van der Waals surface area contributed by atoms with Gasteiger partial charge in [0.25, 0.3) is 0 Å². The minimum absolute atomic E-state index is 0.230. The first kappa shape index (κ1) is 15.1. The van der Waals surface area contributed by atoms with Gasteiger partial charge in [-0.05, 0) is 36.8 Å². The van der Waals surface area contributed by atoms with Crippen molar-refractivity contribution in [3.05, 3.63) is 53.6 Å². The third-order valence-electron chi connectivity index (χ3n) is 3.01. The van der Waals surface area contributed by atoms with Gasteiger partial charge in [0.1, 0.15) is 0 Å². The van der Waals surface area contributed by atoms with Crippen molar-refractivity contribution >= 4 is 11.6 Å². The first-order valence-corrected chi connectivity index (χ1v) is 6.33. The number of amides is 1. The number of carbonyl (C=O) groups excluding carboxylic acids is 1. The number of halogens is 3. The Kier molecular flexibility index (Phi) is 4.02. The number of rotatable bonds is 2. The Morgan fingerprint density at radius 2 is 1.67 bits per heavy atom. The van der Waals surface area contributed by atoms with Crippen molar-refractivity contribution in [3.8, 4) is 11.1 Å². The van der Waals surface area contributed by atoms with Crippen LogP contribution in [-0.2, 0) is 11.0 Å². The third-order valence-corrected chi connectivity index (χ3v) is 3.01. The number of nitrogens with one attached hydrogen (secondary N) is 1. The topological polar surface area (TPSA) is 29.1 Å². The van der Waals surface area contributed by atoms with Gasteiger partial charge in [-0.15, -0.1) is 0 Å². The molecular weight excluding hydrogens is 279 g/mol. The van der Waals surface area contributed by atoms with Gasteiger partial charge in [-0.2, -0.15) is 13.2 Å². The van der Waals surface area contributed by atoms with Crippen LogP contribution in [0.15, 0.2) is 42.5 Å². The van der Waals surface area contributed by atoms with Crippen molar-refractivity contribution in [2.45, 2.75) is 20.0 Å². The Balaban J connectivity index is 2.45. The minimum atomic E-state index is -4.36. The highest BCUT2D eigenvalue weighted by atomic mass is 19.4. The second kappa shape index (κ2) is 5.60. The van der Waals surface area contributed by atoms with E-state index in [0.29, 0.717) is 16.8 Å². The van der Waals surface area contributed by atoms with Crippen molar-refractivity contribution < 1.29 is 18.0 Å². The van der Waals surface area contributed by atoms with Crippen LogP contribution in [0.4, 0.5) is 18.9 Å². The highest BCUT2D eigenvalue weighted by Crippen LogP contribution is 2.33. The van der Waals surface area contributed by atoms with E-state index in [1.807, 2.05) is 19.1 Å². The van der Waals surface area contributed by atoms with E-state index in [1.165, 1.54) is 19.1 Å². The molecule has 2 aromatic carbocycles. The predicted octanol–water partition coefficient (Wildman–Crippen LogP) is 4.64. The Bertz CT molecular complexity index is 660. The van der Waals surface area contributed by atoms with Gasteiger partial charge in [-0.25, -0.2) is 0 Å². The lowest BCUT2D eigenvalue weighted by Crippen LogP contribution is -2.07. The van der Waals surface area contributed by atoms with E-state index in [1.54, 1.807) is 6.07 Å². The van der Waals surface area contributed by atoms with Gasteiger partial charge < -0.3 is 5.32 Å². The Labute approximate surface area is 120 Å². The van der Waals surface area contributed by atoms with E-state index in [9.17, 15) is 18.0 Å². The van der Waals surface area contributed by atoms with Crippen LogP contribution in [0, 0.1) is 6.92 Å². The monoisotopic (exact) mass is 293 g/mol. The second-order valence-corrected chi connectivity index (χ2v) is 4.81. The van der Waals surface area contributed by atoms with E-state index < -0.39 is 11.7 Å². The van der Waals surface area contributed by atoms with Gasteiger partial charge in [0.05, 0.1) is 5.56 Å². The average molecular weight is 293 g/mol. The van der Waals surface area contributed by atoms with Crippen molar-refractivity contribution in [3.63, 3.8) is 0 Å². The molecule has 0 saturated heterocycles. The molecule has 0 aliphatic heterocycles. The molecule has 0 fully saturated rings. The average Bonchev–Trinajstić information content (AvgIpc) is 2.39. The van der Waals surface area contributed by atoms with Gasteiger partial charge >= 0.3 is 6.18 Å². The maximum atomic E-state index is 12.6. The van der Waals surface area contributed by atoms with Crippen molar-refractivity contribution in [1.82, 2.24) is 0 Å². The summed E-state index contributed by atoms with van der Waals surface area (Å²) in [7, 11) is 0. The van der Waals surface area contributed by atoms with Crippen LogP contribution in [0.3, 0.4) is 0 Å². The van der Waals surface area contributed by atoms with Crippen LogP contribution in [0.2, 0.25) is 0 Å².